The number of nitrogens with one attached hydrogen (secondary N) is 2. The van der Waals surface area contributed by atoms with E-state index < -0.39 is 0 Å². The molecule has 0 unspecified atom stereocenters. The molecule has 0 fully saturated rings. The van der Waals surface area contributed by atoms with Gasteiger partial charge in [-0.2, -0.15) is 0 Å². The lowest BCUT2D eigenvalue weighted by Crippen LogP contribution is -2.24. The van der Waals surface area contributed by atoms with Crippen LogP contribution in [0.3, 0.4) is 0 Å². The van der Waals surface area contributed by atoms with E-state index in [1.165, 1.54) is 0 Å². The van der Waals surface area contributed by atoms with Gasteiger partial charge in [-0.1, -0.05) is 39.8 Å². The lowest BCUT2D eigenvalue weighted by molar-refractivity contribution is -0.148. The first-order valence-electron chi connectivity index (χ1n) is 8.17. The first-order chi connectivity index (χ1) is 10.9. The SMILES string of the molecule is CC(C)NCCCC(=O)Nc1ccc(COC(=O)C(C)C)cc1.[HH].[HH]. The largest absolute Gasteiger partial charge is 0.461 e. The molecule has 0 aliphatic carbocycles. The van der Waals surface area contributed by atoms with E-state index in [2.05, 4.69) is 24.5 Å². The number of anilines is 1. The monoisotopic (exact) mass is 324 g/mol. The van der Waals surface area contributed by atoms with Gasteiger partial charge >= 0.3 is 5.97 Å². The molecule has 23 heavy (non-hydrogen) atoms. The van der Waals surface area contributed by atoms with Crippen molar-refractivity contribution in [1.82, 2.24) is 5.32 Å². The molecule has 1 amide bonds. The zero-order chi connectivity index (χ0) is 17.2. The molecule has 5 nitrogen and oxygen atoms in total. The fraction of sp³-hybridized carbons (Fsp3) is 0.556. The van der Waals surface area contributed by atoms with Crippen molar-refractivity contribution in [3.8, 4) is 0 Å². The summed E-state index contributed by atoms with van der Waals surface area (Å²) in [6.07, 6.45) is 1.31. The summed E-state index contributed by atoms with van der Waals surface area (Å²) in [4.78, 5) is 23.2. The van der Waals surface area contributed by atoms with Crippen LogP contribution in [0.15, 0.2) is 24.3 Å². The van der Waals surface area contributed by atoms with Crippen LogP contribution in [0.4, 0.5) is 5.69 Å². The number of carbonyl (C=O) groups is 2. The van der Waals surface area contributed by atoms with Crippen LogP contribution in [-0.2, 0) is 20.9 Å². The van der Waals surface area contributed by atoms with Crippen LogP contribution in [0.5, 0.6) is 0 Å². The van der Waals surface area contributed by atoms with E-state index in [0.29, 0.717) is 12.5 Å². The molecule has 0 aliphatic heterocycles. The van der Waals surface area contributed by atoms with Crippen LogP contribution >= 0.6 is 0 Å². The van der Waals surface area contributed by atoms with E-state index in [1.54, 1.807) is 13.8 Å². The number of esters is 1. The third-order valence-corrected chi connectivity index (χ3v) is 3.22. The molecule has 1 rings (SSSR count). The first kappa shape index (κ1) is 19.2. The Hall–Kier alpha value is -1.88. The highest BCUT2D eigenvalue weighted by atomic mass is 16.5. The summed E-state index contributed by atoms with van der Waals surface area (Å²) in [6.45, 7) is 8.87. The van der Waals surface area contributed by atoms with Crippen LogP contribution in [-0.4, -0.2) is 24.5 Å². The molecule has 0 heterocycles. The van der Waals surface area contributed by atoms with Crippen molar-refractivity contribution in [3.63, 3.8) is 0 Å². The van der Waals surface area contributed by atoms with E-state index in [9.17, 15) is 9.59 Å². The van der Waals surface area contributed by atoms with Crippen LogP contribution in [0.1, 0.15) is 49.0 Å². The van der Waals surface area contributed by atoms with Crippen molar-refractivity contribution in [2.75, 3.05) is 11.9 Å². The van der Waals surface area contributed by atoms with E-state index >= 15 is 0 Å². The van der Waals surface area contributed by atoms with Crippen LogP contribution in [0.25, 0.3) is 0 Å². The highest BCUT2D eigenvalue weighted by Crippen LogP contribution is 2.12. The van der Waals surface area contributed by atoms with Gasteiger partial charge in [-0.25, -0.2) is 0 Å². The number of hydrogen-bond donors (Lipinski definition) is 2. The molecule has 0 saturated heterocycles. The van der Waals surface area contributed by atoms with Gasteiger partial charge in [-0.3, -0.25) is 9.59 Å². The minimum absolute atomic E-state index is 0. The molecule has 0 aromatic heterocycles. The molecule has 0 saturated carbocycles. The Bertz CT molecular complexity index is 506. The van der Waals surface area contributed by atoms with Crippen LogP contribution in [0.2, 0.25) is 0 Å². The minimum atomic E-state index is -0.211. The van der Waals surface area contributed by atoms with Gasteiger partial charge in [-0.05, 0) is 30.7 Å². The second-order valence-electron chi connectivity index (χ2n) is 6.22. The second-order valence-corrected chi connectivity index (χ2v) is 6.22. The normalized spacial score (nSPS) is 10.9. The number of benzene rings is 1. The molecular weight excluding hydrogens is 292 g/mol. The lowest BCUT2D eigenvalue weighted by Gasteiger charge is -2.09. The van der Waals surface area contributed by atoms with Crippen molar-refractivity contribution >= 4 is 17.6 Å². The molecule has 2 N–H and O–H groups in total. The van der Waals surface area contributed by atoms with Crippen molar-refractivity contribution in [3.05, 3.63) is 29.8 Å². The van der Waals surface area contributed by atoms with Crippen LogP contribution in [0, 0.1) is 5.92 Å². The molecule has 1 aromatic carbocycles. The molecule has 0 bridgehead atoms. The highest BCUT2D eigenvalue weighted by molar-refractivity contribution is 5.90. The first-order valence-corrected chi connectivity index (χ1v) is 8.17. The molecular formula is C18H32N2O3. The van der Waals surface area contributed by atoms with E-state index in [4.69, 9.17) is 4.74 Å². The third kappa shape index (κ3) is 8.35. The Morgan fingerprint density at radius 3 is 2.35 bits per heavy atom. The van der Waals surface area contributed by atoms with E-state index in [1.807, 2.05) is 24.3 Å². The number of rotatable bonds is 9. The summed E-state index contributed by atoms with van der Waals surface area (Å²) in [5.41, 5.74) is 1.66. The van der Waals surface area contributed by atoms with Gasteiger partial charge in [-0.15, -0.1) is 0 Å². The number of amides is 1. The van der Waals surface area contributed by atoms with Crippen molar-refractivity contribution in [2.45, 2.75) is 53.2 Å². The van der Waals surface area contributed by atoms with Gasteiger partial charge < -0.3 is 15.4 Å². The quantitative estimate of drug-likeness (QED) is 0.538. The third-order valence-electron chi connectivity index (χ3n) is 3.22. The average Bonchev–Trinajstić information content (AvgIpc) is 2.50. The zero-order valence-corrected chi connectivity index (χ0v) is 14.5. The summed E-state index contributed by atoms with van der Waals surface area (Å²) < 4.78 is 5.16. The number of hydrogen-bond acceptors (Lipinski definition) is 4. The van der Waals surface area contributed by atoms with Gasteiger partial charge in [0.2, 0.25) is 5.91 Å². The standard InChI is InChI=1S/C18H28N2O3.2H2/c1-13(2)18(22)23-12-15-7-9-16(10-8-15)20-17(21)6-5-11-19-14(3)4;;/h7-10,13-14,19H,5-6,11-12H2,1-4H3,(H,20,21);2*1H. The predicted molar refractivity (Wildman–Crippen MR) is 96.3 cm³/mol. The van der Waals surface area contributed by atoms with Crippen LogP contribution < -0.4 is 10.6 Å². The molecule has 0 aliphatic rings. The van der Waals surface area contributed by atoms with E-state index in [-0.39, 0.29) is 27.3 Å². The Labute approximate surface area is 141 Å². The Kier molecular flexibility index (Phi) is 8.33. The maximum absolute atomic E-state index is 11.8. The smallest absolute Gasteiger partial charge is 0.308 e. The molecule has 5 heteroatoms. The molecule has 1 aromatic rings. The fourth-order valence-electron chi connectivity index (χ4n) is 1.87. The zero-order valence-electron chi connectivity index (χ0n) is 14.5. The summed E-state index contributed by atoms with van der Waals surface area (Å²) in [5, 5.41) is 6.15. The lowest BCUT2D eigenvalue weighted by atomic mass is 10.2. The second kappa shape index (κ2) is 10.0. The molecule has 0 radical (unpaired) electrons. The number of carbonyl (C=O) groups excluding carboxylic acids is 2. The van der Waals surface area contributed by atoms with Gasteiger partial charge in [0.05, 0.1) is 5.92 Å². The summed E-state index contributed by atoms with van der Waals surface area (Å²) in [6, 6.07) is 7.79. The summed E-state index contributed by atoms with van der Waals surface area (Å²) in [5.74, 6) is -0.328. The summed E-state index contributed by atoms with van der Waals surface area (Å²) >= 11 is 0. The Morgan fingerprint density at radius 1 is 1.13 bits per heavy atom. The van der Waals surface area contributed by atoms with Crippen molar-refractivity contribution in [2.24, 2.45) is 5.92 Å². The molecule has 0 spiro atoms. The Morgan fingerprint density at radius 2 is 1.78 bits per heavy atom. The Balaban J connectivity index is 0. The van der Waals surface area contributed by atoms with Gasteiger partial charge in [0.15, 0.2) is 0 Å². The van der Waals surface area contributed by atoms with Gasteiger partial charge in [0, 0.05) is 21.0 Å². The topological polar surface area (TPSA) is 67.4 Å². The highest BCUT2D eigenvalue weighted by Gasteiger charge is 2.08. The van der Waals surface area contributed by atoms with E-state index in [0.717, 1.165) is 24.2 Å². The molecule has 0 atom stereocenters. The summed E-state index contributed by atoms with van der Waals surface area (Å²) in [7, 11) is 0. The predicted octanol–water partition coefficient (Wildman–Crippen LogP) is 3.59. The molecule has 132 valence electrons. The number of ether oxygens (including phenoxy) is 1. The maximum Gasteiger partial charge on any atom is 0.308 e. The maximum atomic E-state index is 11.8. The average molecular weight is 324 g/mol. The fourth-order valence-corrected chi connectivity index (χ4v) is 1.87. The minimum Gasteiger partial charge on any atom is -0.461 e. The van der Waals surface area contributed by atoms with Gasteiger partial charge in [0.25, 0.3) is 0 Å². The van der Waals surface area contributed by atoms with Crippen molar-refractivity contribution in [1.29, 1.82) is 0 Å². The van der Waals surface area contributed by atoms with Crippen molar-refractivity contribution < 1.29 is 17.2 Å². The van der Waals surface area contributed by atoms with Gasteiger partial charge in [0.1, 0.15) is 6.61 Å².